The van der Waals surface area contributed by atoms with Gasteiger partial charge in [-0.15, -0.1) is 0 Å². The van der Waals surface area contributed by atoms with Gasteiger partial charge in [-0.3, -0.25) is 4.79 Å². The second-order valence-corrected chi connectivity index (χ2v) is 5.70. The first-order chi connectivity index (χ1) is 8.45. The molecule has 4 nitrogen and oxygen atoms in total. The van der Waals surface area contributed by atoms with Gasteiger partial charge >= 0.3 is 5.97 Å². The Morgan fingerprint density at radius 3 is 2.67 bits per heavy atom. The fraction of sp³-hybridized carbons (Fsp3) is 0.929. The van der Waals surface area contributed by atoms with Crippen LogP contribution >= 0.6 is 0 Å². The van der Waals surface area contributed by atoms with E-state index in [9.17, 15) is 9.90 Å². The van der Waals surface area contributed by atoms with Gasteiger partial charge in [-0.25, -0.2) is 0 Å². The Hall–Kier alpha value is -0.610. The maximum absolute atomic E-state index is 11.3. The molecule has 0 aromatic rings. The molecule has 1 aliphatic carbocycles. The molecule has 0 spiro atoms. The summed E-state index contributed by atoms with van der Waals surface area (Å²) in [4.78, 5) is 11.3. The van der Waals surface area contributed by atoms with Gasteiger partial charge in [0.05, 0.1) is 18.6 Å². The minimum atomic E-state index is -0.588. The van der Waals surface area contributed by atoms with E-state index in [2.05, 4.69) is 12.2 Å². The highest BCUT2D eigenvalue weighted by Gasteiger charge is 2.31. The second-order valence-electron chi connectivity index (χ2n) is 5.70. The average Bonchev–Trinajstić information content (AvgIpc) is 2.31. The lowest BCUT2D eigenvalue weighted by Crippen LogP contribution is -2.46. The molecule has 0 bridgehead atoms. The standard InChI is InChI=1S/C14H27NO3/c1-4-18-13(16)9-12(3)15-10-14(17)7-5-11(2)6-8-14/h11-12,15,17H,4-10H2,1-3H3. The van der Waals surface area contributed by atoms with Crippen molar-refractivity contribution in [3.8, 4) is 0 Å². The van der Waals surface area contributed by atoms with E-state index in [0.717, 1.165) is 31.6 Å². The highest BCUT2D eigenvalue weighted by molar-refractivity contribution is 5.69. The number of carbonyl (C=O) groups is 1. The fourth-order valence-electron chi connectivity index (χ4n) is 2.38. The highest BCUT2D eigenvalue weighted by atomic mass is 16.5. The number of nitrogens with one attached hydrogen (secondary N) is 1. The van der Waals surface area contributed by atoms with Crippen LogP contribution < -0.4 is 5.32 Å². The Balaban J connectivity index is 2.25. The minimum Gasteiger partial charge on any atom is -0.466 e. The van der Waals surface area contributed by atoms with Gasteiger partial charge in [-0.1, -0.05) is 6.92 Å². The maximum atomic E-state index is 11.3. The molecule has 0 saturated heterocycles. The van der Waals surface area contributed by atoms with Gasteiger partial charge in [-0.05, 0) is 45.4 Å². The average molecular weight is 257 g/mol. The summed E-state index contributed by atoms with van der Waals surface area (Å²) in [7, 11) is 0. The predicted molar refractivity (Wildman–Crippen MR) is 71.3 cm³/mol. The molecule has 1 rings (SSSR count). The molecule has 2 N–H and O–H groups in total. The van der Waals surface area contributed by atoms with E-state index in [-0.39, 0.29) is 12.0 Å². The molecule has 0 aromatic carbocycles. The zero-order valence-corrected chi connectivity index (χ0v) is 11.9. The van der Waals surface area contributed by atoms with Gasteiger partial charge in [0, 0.05) is 12.6 Å². The van der Waals surface area contributed by atoms with Crippen molar-refractivity contribution < 1.29 is 14.6 Å². The van der Waals surface area contributed by atoms with Crippen LogP contribution in [0.25, 0.3) is 0 Å². The Kier molecular flexibility index (Phi) is 6.09. The molecular weight excluding hydrogens is 230 g/mol. The molecule has 4 heteroatoms. The largest absolute Gasteiger partial charge is 0.466 e. The molecule has 0 heterocycles. The summed E-state index contributed by atoms with van der Waals surface area (Å²) in [5.74, 6) is 0.545. The van der Waals surface area contributed by atoms with Crippen LogP contribution in [0.2, 0.25) is 0 Å². The maximum Gasteiger partial charge on any atom is 0.307 e. The Morgan fingerprint density at radius 2 is 2.11 bits per heavy atom. The van der Waals surface area contributed by atoms with E-state index < -0.39 is 5.60 Å². The summed E-state index contributed by atoms with van der Waals surface area (Å²) in [6.45, 7) is 6.98. The first-order valence-corrected chi connectivity index (χ1v) is 7.06. The van der Waals surface area contributed by atoms with Crippen LogP contribution in [0.1, 0.15) is 52.9 Å². The SMILES string of the molecule is CCOC(=O)CC(C)NCC1(O)CCC(C)CC1. The topological polar surface area (TPSA) is 58.6 Å². The molecule has 0 radical (unpaired) electrons. The first-order valence-electron chi connectivity index (χ1n) is 7.06. The summed E-state index contributed by atoms with van der Waals surface area (Å²) >= 11 is 0. The third-order valence-electron chi connectivity index (χ3n) is 3.76. The van der Waals surface area contributed by atoms with Crippen molar-refractivity contribution in [1.29, 1.82) is 0 Å². The van der Waals surface area contributed by atoms with E-state index in [1.807, 2.05) is 13.8 Å². The van der Waals surface area contributed by atoms with Crippen molar-refractivity contribution in [2.45, 2.75) is 64.5 Å². The first kappa shape index (κ1) is 15.4. The lowest BCUT2D eigenvalue weighted by molar-refractivity contribution is -0.143. The van der Waals surface area contributed by atoms with Crippen molar-refractivity contribution in [2.75, 3.05) is 13.2 Å². The zero-order chi connectivity index (χ0) is 13.6. The fourth-order valence-corrected chi connectivity index (χ4v) is 2.38. The van der Waals surface area contributed by atoms with Gasteiger partial charge in [0.25, 0.3) is 0 Å². The smallest absolute Gasteiger partial charge is 0.307 e. The van der Waals surface area contributed by atoms with Crippen LogP contribution in [-0.4, -0.2) is 35.9 Å². The van der Waals surface area contributed by atoms with Gasteiger partial charge < -0.3 is 15.2 Å². The number of hydrogen-bond donors (Lipinski definition) is 2. The molecule has 1 saturated carbocycles. The van der Waals surface area contributed by atoms with Crippen molar-refractivity contribution in [3.63, 3.8) is 0 Å². The van der Waals surface area contributed by atoms with E-state index >= 15 is 0 Å². The molecule has 0 amide bonds. The number of hydrogen-bond acceptors (Lipinski definition) is 4. The Labute approximate surface area is 110 Å². The molecule has 18 heavy (non-hydrogen) atoms. The van der Waals surface area contributed by atoms with Crippen molar-refractivity contribution in [1.82, 2.24) is 5.32 Å². The summed E-state index contributed by atoms with van der Waals surface area (Å²) in [6, 6.07) is 0.0485. The van der Waals surface area contributed by atoms with Crippen LogP contribution in [0.3, 0.4) is 0 Å². The van der Waals surface area contributed by atoms with Crippen LogP contribution in [0.15, 0.2) is 0 Å². The van der Waals surface area contributed by atoms with Crippen molar-refractivity contribution in [3.05, 3.63) is 0 Å². The predicted octanol–water partition coefficient (Wildman–Crippen LogP) is 1.86. The van der Waals surface area contributed by atoms with Crippen LogP contribution in [-0.2, 0) is 9.53 Å². The quantitative estimate of drug-likeness (QED) is 0.713. The minimum absolute atomic E-state index is 0.0485. The molecular formula is C14H27NO3. The number of carbonyl (C=O) groups excluding carboxylic acids is 1. The molecule has 1 unspecified atom stereocenters. The number of ether oxygens (including phenoxy) is 1. The monoisotopic (exact) mass is 257 g/mol. The molecule has 1 atom stereocenters. The summed E-state index contributed by atoms with van der Waals surface area (Å²) < 4.78 is 4.90. The molecule has 1 fully saturated rings. The van der Waals surface area contributed by atoms with Crippen LogP contribution in [0, 0.1) is 5.92 Å². The van der Waals surface area contributed by atoms with E-state index in [4.69, 9.17) is 4.74 Å². The summed E-state index contributed by atoms with van der Waals surface area (Å²) in [5.41, 5.74) is -0.588. The third kappa shape index (κ3) is 5.36. The Morgan fingerprint density at radius 1 is 1.50 bits per heavy atom. The lowest BCUT2D eigenvalue weighted by Gasteiger charge is -2.35. The van der Waals surface area contributed by atoms with Crippen LogP contribution in [0.5, 0.6) is 0 Å². The summed E-state index contributed by atoms with van der Waals surface area (Å²) in [6.07, 6.45) is 4.25. The molecule has 0 aromatic heterocycles. The second kappa shape index (κ2) is 7.10. The Bertz CT molecular complexity index is 260. The van der Waals surface area contributed by atoms with Gasteiger partial charge in [-0.2, -0.15) is 0 Å². The van der Waals surface area contributed by atoms with E-state index in [0.29, 0.717) is 19.6 Å². The summed E-state index contributed by atoms with van der Waals surface area (Å²) in [5, 5.41) is 13.6. The highest BCUT2D eigenvalue weighted by Crippen LogP contribution is 2.31. The molecule has 1 aliphatic rings. The van der Waals surface area contributed by atoms with Gasteiger partial charge in [0.1, 0.15) is 0 Å². The molecule has 0 aliphatic heterocycles. The molecule has 106 valence electrons. The van der Waals surface area contributed by atoms with E-state index in [1.54, 1.807) is 0 Å². The zero-order valence-electron chi connectivity index (χ0n) is 11.9. The van der Waals surface area contributed by atoms with E-state index in [1.165, 1.54) is 0 Å². The van der Waals surface area contributed by atoms with Gasteiger partial charge in [0.2, 0.25) is 0 Å². The van der Waals surface area contributed by atoms with Crippen LogP contribution in [0.4, 0.5) is 0 Å². The van der Waals surface area contributed by atoms with Gasteiger partial charge in [0.15, 0.2) is 0 Å². The number of esters is 1. The van der Waals surface area contributed by atoms with Crippen molar-refractivity contribution in [2.24, 2.45) is 5.92 Å². The number of rotatable bonds is 6. The lowest BCUT2D eigenvalue weighted by atomic mass is 9.79. The number of aliphatic hydroxyl groups is 1. The van der Waals surface area contributed by atoms with Crippen molar-refractivity contribution >= 4 is 5.97 Å². The third-order valence-corrected chi connectivity index (χ3v) is 3.76. The normalized spacial score (nSPS) is 29.9.